The molecule has 1 unspecified atom stereocenters. The van der Waals surface area contributed by atoms with Gasteiger partial charge in [0.05, 0.1) is 40.9 Å². The fourth-order valence-corrected chi connectivity index (χ4v) is 4.35. The molecule has 0 radical (unpaired) electrons. The van der Waals surface area contributed by atoms with Gasteiger partial charge >= 0.3 is 7.82 Å². The fourth-order valence-electron chi connectivity index (χ4n) is 3.56. The van der Waals surface area contributed by atoms with E-state index in [2.05, 4.69) is 28.1 Å². The summed E-state index contributed by atoms with van der Waals surface area (Å²) in [4.78, 5) is 9.71. The molecular formula is C24H53NO4P+. The summed E-state index contributed by atoms with van der Waals surface area (Å²) in [7, 11) is 2.65. The van der Waals surface area contributed by atoms with Crippen LogP contribution >= 0.6 is 7.82 Å². The van der Waals surface area contributed by atoms with Crippen LogP contribution in [0.15, 0.2) is 0 Å². The van der Waals surface area contributed by atoms with Crippen molar-refractivity contribution in [1.29, 1.82) is 0 Å². The van der Waals surface area contributed by atoms with E-state index in [0.29, 0.717) is 13.2 Å². The lowest BCUT2D eigenvalue weighted by Gasteiger charge is -2.23. The van der Waals surface area contributed by atoms with Crippen LogP contribution < -0.4 is 0 Å². The van der Waals surface area contributed by atoms with Gasteiger partial charge in [0.15, 0.2) is 0 Å². The Kier molecular flexibility index (Phi) is 19.8. The number of unbranched alkanes of at least 4 members (excludes halogenated alkanes) is 15. The summed E-state index contributed by atoms with van der Waals surface area (Å²) in [5.74, 6) is 0. The van der Waals surface area contributed by atoms with Crippen molar-refractivity contribution in [2.45, 2.75) is 116 Å². The van der Waals surface area contributed by atoms with E-state index in [1.54, 1.807) is 0 Å². The molecule has 0 aliphatic carbocycles. The van der Waals surface area contributed by atoms with Gasteiger partial charge in [-0.15, -0.1) is 0 Å². The SMILES string of the molecule is CCCCCCCCCCCCCCCCOP(=O)(O)OCCCCC[N+](C)(C)C. The van der Waals surface area contributed by atoms with E-state index in [4.69, 9.17) is 9.05 Å². The smallest absolute Gasteiger partial charge is 0.331 e. The molecule has 182 valence electrons. The lowest BCUT2D eigenvalue weighted by molar-refractivity contribution is -0.870. The molecule has 0 amide bonds. The van der Waals surface area contributed by atoms with E-state index < -0.39 is 7.82 Å². The number of phosphoric ester groups is 1. The van der Waals surface area contributed by atoms with Crippen molar-refractivity contribution < 1.29 is 23.0 Å². The molecule has 0 rings (SSSR count). The van der Waals surface area contributed by atoms with Crippen molar-refractivity contribution in [3.8, 4) is 0 Å². The topological polar surface area (TPSA) is 55.8 Å². The molecule has 0 aromatic heterocycles. The Morgan fingerprint density at radius 1 is 0.600 bits per heavy atom. The highest BCUT2D eigenvalue weighted by Crippen LogP contribution is 2.43. The van der Waals surface area contributed by atoms with Crippen molar-refractivity contribution in [3.63, 3.8) is 0 Å². The summed E-state index contributed by atoms with van der Waals surface area (Å²) >= 11 is 0. The van der Waals surface area contributed by atoms with Crippen molar-refractivity contribution in [1.82, 2.24) is 0 Å². The third kappa shape index (κ3) is 24.3. The summed E-state index contributed by atoms with van der Waals surface area (Å²) in [6.07, 6.45) is 21.0. The van der Waals surface area contributed by atoms with Crippen LogP contribution in [0.2, 0.25) is 0 Å². The quantitative estimate of drug-likeness (QED) is 0.0996. The molecule has 0 fully saturated rings. The Bertz CT molecular complexity index is 413. The monoisotopic (exact) mass is 450 g/mol. The lowest BCUT2D eigenvalue weighted by atomic mass is 10.0. The average molecular weight is 451 g/mol. The Balaban J connectivity index is 3.33. The zero-order chi connectivity index (χ0) is 22.6. The van der Waals surface area contributed by atoms with Gasteiger partial charge in [-0.25, -0.2) is 4.57 Å². The average Bonchev–Trinajstić information content (AvgIpc) is 2.66. The highest BCUT2D eigenvalue weighted by Gasteiger charge is 2.20. The zero-order valence-electron chi connectivity index (χ0n) is 20.7. The molecule has 0 aliphatic rings. The van der Waals surface area contributed by atoms with Gasteiger partial charge in [0.2, 0.25) is 0 Å². The summed E-state index contributed by atoms with van der Waals surface area (Å²) in [6.45, 7) is 3.98. The van der Waals surface area contributed by atoms with Gasteiger partial charge in [0, 0.05) is 0 Å². The first kappa shape index (κ1) is 30.1. The molecule has 0 spiro atoms. The van der Waals surface area contributed by atoms with Crippen molar-refractivity contribution in [2.75, 3.05) is 40.9 Å². The molecule has 1 N–H and O–H groups in total. The van der Waals surface area contributed by atoms with Gasteiger partial charge in [-0.05, 0) is 25.7 Å². The minimum atomic E-state index is -3.86. The standard InChI is InChI=1S/C24H52NO4P/c1-5-6-7-8-9-10-11-12-13-14-15-16-17-20-23-28-30(26,27)29-24-21-18-19-22-25(2,3)4/h5-24H2,1-4H3/p+1. The predicted molar refractivity (Wildman–Crippen MR) is 129 cm³/mol. The maximum absolute atomic E-state index is 11.8. The fraction of sp³-hybridized carbons (Fsp3) is 1.00. The van der Waals surface area contributed by atoms with Crippen molar-refractivity contribution in [3.05, 3.63) is 0 Å². The molecular weight excluding hydrogens is 397 g/mol. The minimum absolute atomic E-state index is 0.295. The molecule has 0 aromatic carbocycles. The molecule has 0 heterocycles. The number of hydrogen-bond donors (Lipinski definition) is 1. The van der Waals surface area contributed by atoms with Gasteiger partial charge in [0.25, 0.3) is 0 Å². The number of hydrogen-bond acceptors (Lipinski definition) is 3. The second-order valence-electron chi connectivity index (χ2n) is 9.81. The molecule has 1 atom stereocenters. The van der Waals surface area contributed by atoms with E-state index in [-0.39, 0.29) is 0 Å². The Morgan fingerprint density at radius 3 is 1.30 bits per heavy atom. The van der Waals surface area contributed by atoms with Crippen LogP contribution in [-0.4, -0.2) is 50.3 Å². The summed E-state index contributed by atoms with van der Waals surface area (Å²) < 4.78 is 22.9. The normalized spacial score (nSPS) is 14.2. The highest BCUT2D eigenvalue weighted by molar-refractivity contribution is 7.47. The van der Waals surface area contributed by atoms with Crippen LogP contribution in [0.5, 0.6) is 0 Å². The van der Waals surface area contributed by atoms with E-state index in [1.165, 1.54) is 77.0 Å². The molecule has 0 bridgehead atoms. The molecule has 0 aliphatic heterocycles. The lowest BCUT2D eigenvalue weighted by Crippen LogP contribution is -2.35. The second kappa shape index (κ2) is 19.7. The van der Waals surface area contributed by atoms with Gasteiger partial charge in [-0.3, -0.25) is 9.05 Å². The molecule has 0 aromatic rings. The molecule has 0 saturated heterocycles. The van der Waals surface area contributed by atoms with Crippen LogP contribution in [0.3, 0.4) is 0 Å². The first-order valence-corrected chi connectivity index (χ1v) is 14.2. The molecule has 30 heavy (non-hydrogen) atoms. The van der Waals surface area contributed by atoms with E-state index in [1.807, 2.05) is 0 Å². The highest BCUT2D eigenvalue weighted by atomic mass is 31.2. The van der Waals surface area contributed by atoms with E-state index in [9.17, 15) is 9.46 Å². The van der Waals surface area contributed by atoms with Gasteiger partial charge in [0.1, 0.15) is 0 Å². The largest absolute Gasteiger partial charge is 0.472 e. The van der Waals surface area contributed by atoms with Crippen LogP contribution in [0.4, 0.5) is 0 Å². The third-order valence-corrected chi connectivity index (χ3v) is 6.50. The zero-order valence-corrected chi connectivity index (χ0v) is 21.6. The maximum Gasteiger partial charge on any atom is 0.472 e. The van der Waals surface area contributed by atoms with Crippen LogP contribution in [0, 0.1) is 0 Å². The van der Waals surface area contributed by atoms with Crippen molar-refractivity contribution >= 4 is 7.82 Å². The predicted octanol–water partition coefficient (Wildman–Crippen LogP) is 7.48. The van der Waals surface area contributed by atoms with Gasteiger partial charge < -0.3 is 9.38 Å². The van der Waals surface area contributed by atoms with Gasteiger partial charge in [-0.2, -0.15) is 0 Å². The van der Waals surface area contributed by atoms with Crippen LogP contribution in [0.1, 0.15) is 116 Å². The maximum atomic E-state index is 11.8. The number of phosphoric acid groups is 1. The van der Waals surface area contributed by atoms with Crippen LogP contribution in [-0.2, 0) is 13.6 Å². The van der Waals surface area contributed by atoms with E-state index in [0.717, 1.165) is 43.1 Å². The number of nitrogens with zero attached hydrogens (tertiary/aromatic N) is 1. The van der Waals surface area contributed by atoms with Gasteiger partial charge in [-0.1, -0.05) is 90.4 Å². The second-order valence-corrected chi connectivity index (χ2v) is 11.3. The number of rotatable bonds is 23. The molecule has 0 saturated carbocycles. The molecule has 5 nitrogen and oxygen atoms in total. The third-order valence-electron chi connectivity index (χ3n) is 5.48. The Morgan fingerprint density at radius 2 is 0.933 bits per heavy atom. The first-order valence-electron chi connectivity index (χ1n) is 12.7. The first-order chi connectivity index (χ1) is 14.3. The van der Waals surface area contributed by atoms with Crippen LogP contribution in [0.25, 0.3) is 0 Å². The van der Waals surface area contributed by atoms with Crippen molar-refractivity contribution in [2.24, 2.45) is 0 Å². The van der Waals surface area contributed by atoms with E-state index >= 15 is 0 Å². The summed E-state index contributed by atoms with van der Waals surface area (Å²) in [5.41, 5.74) is 0. The Hall–Kier alpha value is 0.0700. The summed E-state index contributed by atoms with van der Waals surface area (Å²) in [5, 5.41) is 0. The Labute approximate surface area is 188 Å². The number of quaternary nitrogens is 1. The summed E-state index contributed by atoms with van der Waals surface area (Å²) in [6, 6.07) is 0. The molecule has 6 heteroatoms. The minimum Gasteiger partial charge on any atom is -0.331 e.